The van der Waals surface area contributed by atoms with Crippen molar-refractivity contribution < 1.29 is 27.6 Å². The zero-order valence-electron chi connectivity index (χ0n) is 23.8. The average Bonchev–Trinajstić information content (AvgIpc) is 3.43. The molecule has 3 amide bonds. The monoisotopic (exact) mass is 628 g/mol. The van der Waals surface area contributed by atoms with Crippen molar-refractivity contribution in [2.24, 2.45) is 0 Å². The van der Waals surface area contributed by atoms with Crippen LogP contribution in [0.2, 0.25) is 0 Å². The fourth-order valence-corrected chi connectivity index (χ4v) is 5.36. The smallest absolute Gasteiger partial charge is 0.361 e. The molecule has 0 spiro atoms. The second-order valence-corrected chi connectivity index (χ2v) is 11.4. The summed E-state index contributed by atoms with van der Waals surface area (Å²) in [5, 5.41) is 8.25. The van der Waals surface area contributed by atoms with Crippen molar-refractivity contribution in [3.05, 3.63) is 132 Å². The minimum atomic E-state index is -4.53. The molecule has 1 heterocycles. The van der Waals surface area contributed by atoms with Crippen LogP contribution in [0, 0.1) is 0 Å². The van der Waals surface area contributed by atoms with Gasteiger partial charge in [-0.3, -0.25) is 14.4 Å². The van der Waals surface area contributed by atoms with E-state index in [4.69, 9.17) is 0 Å². The second-order valence-electron chi connectivity index (χ2n) is 9.98. The molecule has 0 saturated heterocycles. The number of aromatic amines is 1. The number of halogens is 3. The summed E-state index contributed by atoms with van der Waals surface area (Å²) >= 11 is 1.17. The van der Waals surface area contributed by atoms with Crippen molar-refractivity contribution in [3.8, 4) is 0 Å². The number of benzene rings is 4. The number of rotatable bonds is 9. The van der Waals surface area contributed by atoms with Crippen molar-refractivity contribution in [2.75, 3.05) is 10.6 Å². The highest BCUT2D eigenvalue weighted by Crippen LogP contribution is 2.31. The quantitative estimate of drug-likeness (QED) is 0.0992. The van der Waals surface area contributed by atoms with Gasteiger partial charge in [0.05, 0.1) is 10.8 Å². The Morgan fingerprint density at radius 1 is 0.822 bits per heavy atom. The van der Waals surface area contributed by atoms with E-state index in [0.29, 0.717) is 21.7 Å². The topological polar surface area (TPSA) is 103 Å². The Morgan fingerprint density at radius 2 is 1.51 bits per heavy atom. The lowest BCUT2D eigenvalue weighted by Gasteiger charge is -2.15. The zero-order valence-corrected chi connectivity index (χ0v) is 24.6. The molecule has 1 unspecified atom stereocenters. The van der Waals surface area contributed by atoms with Crippen molar-refractivity contribution in [2.45, 2.75) is 23.2 Å². The first-order valence-electron chi connectivity index (χ1n) is 13.8. The van der Waals surface area contributed by atoms with E-state index >= 15 is 0 Å². The first-order chi connectivity index (χ1) is 21.6. The first kappa shape index (κ1) is 31.1. The molecule has 0 saturated carbocycles. The van der Waals surface area contributed by atoms with Gasteiger partial charge in [0, 0.05) is 44.5 Å². The molecule has 228 valence electrons. The van der Waals surface area contributed by atoms with Crippen molar-refractivity contribution in [1.29, 1.82) is 0 Å². The van der Waals surface area contributed by atoms with E-state index in [1.807, 2.05) is 24.3 Å². The maximum atomic E-state index is 13.5. The third-order valence-electron chi connectivity index (χ3n) is 6.68. The molecule has 4 N–H and O–H groups in total. The number of amides is 3. The van der Waals surface area contributed by atoms with Crippen LogP contribution in [0.25, 0.3) is 17.0 Å². The third kappa shape index (κ3) is 8.01. The maximum absolute atomic E-state index is 13.5. The number of carbonyl (C=O) groups is 3. The molecule has 0 aliphatic carbocycles. The lowest BCUT2D eigenvalue weighted by Crippen LogP contribution is -2.30. The Bertz CT molecular complexity index is 1890. The number of hydrogen-bond donors (Lipinski definition) is 4. The largest absolute Gasteiger partial charge is 0.416 e. The predicted molar refractivity (Wildman–Crippen MR) is 171 cm³/mol. The molecule has 0 radical (unpaired) electrons. The molecule has 11 heteroatoms. The van der Waals surface area contributed by atoms with Gasteiger partial charge in [-0.05, 0) is 67.6 Å². The van der Waals surface area contributed by atoms with Gasteiger partial charge in [-0.2, -0.15) is 13.2 Å². The van der Waals surface area contributed by atoms with Crippen LogP contribution in [0.3, 0.4) is 0 Å². The normalized spacial score (nSPS) is 12.4. The van der Waals surface area contributed by atoms with Gasteiger partial charge in [0.15, 0.2) is 0 Å². The number of alkyl halides is 3. The summed E-state index contributed by atoms with van der Waals surface area (Å²) in [5.74, 6) is -1.51. The van der Waals surface area contributed by atoms with Gasteiger partial charge in [-0.15, -0.1) is 11.8 Å². The molecule has 7 nitrogen and oxygen atoms in total. The number of nitrogens with one attached hydrogen (secondary N) is 4. The Balaban J connectivity index is 1.31. The first-order valence-corrected chi connectivity index (χ1v) is 14.7. The van der Waals surface area contributed by atoms with Gasteiger partial charge < -0.3 is 20.9 Å². The highest BCUT2D eigenvalue weighted by Gasteiger charge is 2.30. The van der Waals surface area contributed by atoms with Crippen LogP contribution in [0.15, 0.2) is 120 Å². The SMILES string of the molecule is CC(Sc1cccc(NC(=O)/C(=C/c2c[nH]c3ccccc23)NC(=O)c2ccccc2)c1)C(=O)Nc1cccc(C(F)(F)F)c1. The van der Waals surface area contributed by atoms with E-state index in [1.165, 1.54) is 23.9 Å². The standard InChI is InChI=1S/C34H27F3N4O3S/c1-21(31(42)39-25-12-7-11-24(18-25)34(35,36)37)45-27-14-8-13-26(19-27)40-33(44)30(41-32(43)22-9-3-2-4-10-22)17-23-20-38-29-16-6-5-15-28(23)29/h2-21,38H,1H3,(H,39,42)(H,40,44)(H,41,43)/b30-17-. The van der Waals surface area contributed by atoms with Gasteiger partial charge in [0.25, 0.3) is 11.8 Å². The lowest BCUT2D eigenvalue weighted by molar-refractivity contribution is -0.137. The molecular formula is C34H27F3N4O3S. The van der Waals surface area contributed by atoms with E-state index in [2.05, 4.69) is 20.9 Å². The molecule has 0 aliphatic rings. The van der Waals surface area contributed by atoms with E-state index in [9.17, 15) is 27.6 Å². The van der Waals surface area contributed by atoms with Gasteiger partial charge in [-0.1, -0.05) is 48.5 Å². The molecular weight excluding hydrogens is 601 g/mol. The summed E-state index contributed by atoms with van der Waals surface area (Å²) < 4.78 is 39.2. The van der Waals surface area contributed by atoms with Crippen molar-refractivity contribution >= 4 is 57.8 Å². The van der Waals surface area contributed by atoms with Gasteiger partial charge in [0.2, 0.25) is 5.91 Å². The molecule has 5 aromatic rings. The Morgan fingerprint density at radius 3 is 2.27 bits per heavy atom. The van der Waals surface area contributed by atoms with Crippen LogP contribution in [-0.2, 0) is 15.8 Å². The Kier molecular flexibility index (Phi) is 9.39. The van der Waals surface area contributed by atoms with E-state index < -0.39 is 34.7 Å². The van der Waals surface area contributed by atoms with Crippen LogP contribution in [0.1, 0.15) is 28.4 Å². The molecule has 1 aromatic heterocycles. The summed E-state index contributed by atoms with van der Waals surface area (Å²) in [6.07, 6.45) is -1.19. The summed E-state index contributed by atoms with van der Waals surface area (Å²) in [4.78, 5) is 43.1. The molecule has 45 heavy (non-hydrogen) atoms. The van der Waals surface area contributed by atoms with Crippen LogP contribution in [0.5, 0.6) is 0 Å². The summed E-state index contributed by atoms with van der Waals surface area (Å²) in [6.45, 7) is 1.63. The van der Waals surface area contributed by atoms with Crippen LogP contribution >= 0.6 is 11.8 Å². The maximum Gasteiger partial charge on any atom is 0.416 e. The highest BCUT2D eigenvalue weighted by molar-refractivity contribution is 8.00. The van der Waals surface area contributed by atoms with E-state index in [-0.39, 0.29) is 11.4 Å². The van der Waals surface area contributed by atoms with Crippen LogP contribution in [0.4, 0.5) is 24.5 Å². The van der Waals surface area contributed by atoms with Crippen molar-refractivity contribution in [1.82, 2.24) is 10.3 Å². The second kappa shape index (κ2) is 13.6. The molecule has 0 aliphatic heterocycles. The summed E-state index contributed by atoms with van der Waals surface area (Å²) in [5.41, 5.74) is 1.56. The van der Waals surface area contributed by atoms with Crippen molar-refractivity contribution in [3.63, 3.8) is 0 Å². The van der Waals surface area contributed by atoms with E-state index in [0.717, 1.165) is 23.0 Å². The molecule has 4 aromatic carbocycles. The fourth-order valence-electron chi connectivity index (χ4n) is 4.43. The predicted octanol–water partition coefficient (Wildman–Crippen LogP) is 7.72. The Labute approximate surface area is 260 Å². The lowest BCUT2D eigenvalue weighted by atomic mass is 10.1. The highest BCUT2D eigenvalue weighted by atomic mass is 32.2. The minimum Gasteiger partial charge on any atom is -0.361 e. The summed E-state index contributed by atoms with van der Waals surface area (Å²) in [7, 11) is 0. The van der Waals surface area contributed by atoms with Crippen LogP contribution in [-0.4, -0.2) is 28.0 Å². The number of thioether (sulfide) groups is 1. The van der Waals surface area contributed by atoms with E-state index in [1.54, 1.807) is 73.8 Å². The van der Waals surface area contributed by atoms with Gasteiger partial charge in [-0.25, -0.2) is 0 Å². The molecule has 5 rings (SSSR count). The minimum absolute atomic E-state index is 0.0143. The molecule has 0 bridgehead atoms. The molecule has 0 fully saturated rings. The third-order valence-corrected chi connectivity index (χ3v) is 7.78. The number of anilines is 2. The summed E-state index contributed by atoms with van der Waals surface area (Å²) in [6, 6.07) is 27.3. The zero-order chi connectivity index (χ0) is 32.0. The number of carbonyl (C=O) groups excluding carboxylic acids is 3. The average molecular weight is 629 g/mol. The number of aromatic nitrogens is 1. The fraction of sp³-hybridized carbons (Fsp3) is 0.0882. The Hall–Kier alpha value is -5.29. The number of fused-ring (bicyclic) bond motifs is 1. The van der Waals surface area contributed by atoms with Gasteiger partial charge in [0.1, 0.15) is 5.70 Å². The van der Waals surface area contributed by atoms with Crippen LogP contribution < -0.4 is 16.0 Å². The molecule has 1 atom stereocenters. The van der Waals surface area contributed by atoms with Gasteiger partial charge >= 0.3 is 6.18 Å². The number of hydrogen-bond acceptors (Lipinski definition) is 4. The number of H-pyrrole nitrogens is 1. The number of para-hydroxylation sites is 1.